The summed E-state index contributed by atoms with van der Waals surface area (Å²) in [6, 6.07) is 6.06. The van der Waals surface area contributed by atoms with E-state index in [1.807, 2.05) is 12.1 Å². The zero-order valence-corrected chi connectivity index (χ0v) is 11.6. The quantitative estimate of drug-likeness (QED) is 0.818. The maximum atomic E-state index is 6.43. The smallest absolute Gasteiger partial charge is 0.145 e. The average Bonchev–Trinajstić information content (AvgIpc) is 2.36. The lowest BCUT2D eigenvalue weighted by molar-refractivity contribution is -0.0789. The molecule has 4 saturated carbocycles. The van der Waals surface area contributed by atoms with Crippen molar-refractivity contribution in [1.29, 1.82) is 0 Å². The van der Waals surface area contributed by atoms with Gasteiger partial charge in [0.1, 0.15) is 11.9 Å². The fourth-order valence-corrected chi connectivity index (χ4v) is 5.04. The minimum atomic E-state index is 0.427. The van der Waals surface area contributed by atoms with Crippen LogP contribution < -0.4 is 10.5 Å². The molecule has 4 aliphatic carbocycles. The molecule has 102 valence electrons. The Morgan fingerprint density at radius 2 is 1.63 bits per heavy atom. The topological polar surface area (TPSA) is 35.2 Å². The standard InChI is InChI=1S/C17H23NO/c1-10-3-2-4-15(18)16(10)19-17-13-6-11-5-12(8-13)9-14(17)7-11/h2-4,11-14,17H,5-9,18H2,1H3. The van der Waals surface area contributed by atoms with Gasteiger partial charge in [-0.2, -0.15) is 0 Å². The molecule has 1 aromatic carbocycles. The second-order valence-corrected chi connectivity index (χ2v) is 7.01. The lowest BCUT2D eigenvalue weighted by Crippen LogP contribution is -2.50. The van der Waals surface area contributed by atoms with E-state index in [1.165, 1.54) is 37.7 Å². The average molecular weight is 257 g/mol. The molecular weight excluding hydrogens is 234 g/mol. The van der Waals surface area contributed by atoms with Crippen LogP contribution in [0.2, 0.25) is 0 Å². The monoisotopic (exact) mass is 257 g/mol. The molecule has 0 aliphatic heterocycles. The van der Waals surface area contributed by atoms with Gasteiger partial charge in [-0.1, -0.05) is 12.1 Å². The molecule has 0 amide bonds. The molecule has 0 unspecified atom stereocenters. The molecule has 2 N–H and O–H groups in total. The van der Waals surface area contributed by atoms with Crippen LogP contribution in [-0.2, 0) is 0 Å². The first-order valence-corrected chi connectivity index (χ1v) is 7.72. The predicted octanol–water partition coefficient (Wildman–Crippen LogP) is 3.78. The van der Waals surface area contributed by atoms with Crippen molar-refractivity contribution in [2.45, 2.75) is 45.1 Å². The van der Waals surface area contributed by atoms with Crippen LogP contribution in [0.1, 0.15) is 37.7 Å². The van der Waals surface area contributed by atoms with E-state index in [0.717, 1.165) is 35.1 Å². The number of rotatable bonds is 2. The van der Waals surface area contributed by atoms with E-state index in [1.54, 1.807) is 0 Å². The highest BCUT2D eigenvalue weighted by Gasteiger charge is 2.49. The number of ether oxygens (including phenoxy) is 1. The Bertz CT molecular complexity index is 448. The Hall–Kier alpha value is -1.18. The molecule has 0 saturated heterocycles. The van der Waals surface area contributed by atoms with Gasteiger partial charge >= 0.3 is 0 Å². The third kappa shape index (κ3) is 1.84. The van der Waals surface area contributed by atoms with Gasteiger partial charge in [0.05, 0.1) is 5.69 Å². The van der Waals surface area contributed by atoms with Gasteiger partial charge in [0.2, 0.25) is 0 Å². The van der Waals surface area contributed by atoms with Gasteiger partial charge in [0.15, 0.2) is 0 Å². The number of hydrogen-bond acceptors (Lipinski definition) is 2. The van der Waals surface area contributed by atoms with Crippen LogP contribution in [0.25, 0.3) is 0 Å². The first-order valence-electron chi connectivity index (χ1n) is 7.72. The second kappa shape index (κ2) is 4.16. The third-order valence-corrected chi connectivity index (χ3v) is 5.64. The lowest BCUT2D eigenvalue weighted by Gasteiger charge is -2.53. The van der Waals surface area contributed by atoms with E-state index in [2.05, 4.69) is 13.0 Å². The number of nitrogens with two attached hydrogens (primary N) is 1. The molecule has 2 nitrogen and oxygen atoms in total. The van der Waals surface area contributed by atoms with Gasteiger partial charge in [-0.05, 0) is 74.3 Å². The molecule has 0 spiro atoms. The molecule has 2 heteroatoms. The number of hydrogen-bond donors (Lipinski definition) is 1. The molecule has 0 atom stereocenters. The number of aryl methyl sites for hydroxylation is 1. The Labute approximate surface area is 115 Å². The fraction of sp³-hybridized carbons (Fsp3) is 0.647. The summed E-state index contributed by atoms with van der Waals surface area (Å²) in [4.78, 5) is 0. The van der Waals surface area contributed by atoms with Crippen LogP contribution in [0.3, 0.4) is 0 Å². The number of nitrogen functional groups attached to an aromatic ring is 1. The number of benzene rings is 1. The van der Waals surface area contributed by atoms with Crippen LogP contribution in [0.5, 0.6) is 5.75 Å². The van der Waals surface area contributed by atoms with Crippen molar-refractivity contribution in [3.05, 3.63) is 23.8 Å². The Morgan fingerprint density at radius 3 is 2.21 bits per heavy atom. The first kappa shape index (κ1) is 11.6. The largest absolute Gasteiger partial charge is 0.487 e. The molecule has 4 fully saturated rings. The zero-order valence-electron chi connectivity index (χ0n) is 11.6. The van der Waals surface area contributed by atoms with Crippen LogP contribution >= 0.6 is 0 Å². The molecule has 4 aliphatic rings. The van der Waals surface area contributed by atoms with Gasteiger partial charge in [-0.3, -0.25) is 0 Å². The zero-order chi connectivity index (χ0) is 13.0. The molecule has 0 radical (unpaired) electrons. The van der Waals surface area contributed by atoms with Crippen LogP contribution in [0.15, 0.2) is 18.2 Å². The minimum absolute atomic E-state index is 0.427. The summed E-state index contributed by atoms with van der Waals surface area (Å²) >= 11 is 0. The van der Waals surface area contributed by atoms with Crippen molar-refractivity contribution < 1.29 is 4.74 Å². The highest BCUT2D eigenvalue weighted by molar-refractivity contribution is 5.56. The summed E-state index contributed by atoms with van der Waals surface area (Å²) < 4.78 is 6.43. The van der Waals surface area contributed by atoms with E-state index >= 15 is 0 Å². The van der Waals surface area contributed by atoms with E-state index < -0.39 is 0 Å². The highest BCUT2D eigenvalue weighted by atomic mass is 16.5. The minimum Gasteiger partial charge on any atom is -0.487 e. The summed E-state index contributed by atoms with van der Waals surface area (Å²) in [6.45, 7) is 2.10. The summed E-state index contributed by atoms with van der Waals surface area (Å²) in [5.41, 5.74) is 8.07. The summed E-state index contributed by atoms with van der Waals surface area (Å²) in [6.07, 6.45) is 7.49. The third-order valence-electron chi connectivity index (χ3n) is 5.64. The van der Waals surface area contributed by atoms with Crippen molar-refractivity contribution in [3.8, 4) is 5.75 Å². The van der Waals surface area contributed by atoms with Crippen molar-refractivity contribution >= 4 is 5.69 Å². The number of para-hydroxylation sites is 1. The van der Waals surface area contributed by atoms with Crippen LogP contribution in [0, 0.1) is 30.6 Å². The summed E-state index contributed by atoms with van der Waals surface area (Å²) in [5.74, 6) is 4.51. The molecular formula is C17H23NO. The maximum absolute atomic E-state index is 6.43. The second-order valence-electron chi connectivity index (χ2n) is 7.01. The predicted molar refractivity (Wildman–Crippen MR) is 77.1 cm³/mol. The van der Waals surface area contributed by atoms with E-state index in [9.17, 15) is 0 Å². The van der Waals surface area contributed by atoms with Gasteiger partial charge in [-0.15, -0.1) is 0 Å². The van der Waals surface area contributed by atoms with Crippen molar-refractivity contribution in [3.63, 3.8) is 0 Å². The lowest BCUT2D eigenvalue weighted by atomic mass is 9.55. The molecule has 1 aromatic rings. The highest BCUT2D eigenvalue weighted by Crippen LogP contribution is 2.54. The van der Waals surface area contributed by atoms with E-state index in [4.69, 9.17) is 10.5 Å². The van der Waals surface area contributed by atoms with Gasteiger partial charge < -0.3 is 10.5 Å². The Kier molecular flexibility index (Phi) is 2.54. The van der Waals surface area contributed by atoms with Crippen molar-refractivity contribution in [2.75, 3.05) is 5.73 Å². The Balaban J connectivity index is 1.60. The first-order chi connectivity index (χ1) is 9.20. The van der Waals surface area contributed by atoms with Crippen molar-refractivity contribution in [2.24, 2.45) is 23.7 Å². The summed E-state index contributed by atoms with van der Waals surface area (Å²) in [5, 5.41) is 0. The van der Waals surface area contributed by atoms with Gasteiger partial charge in [-0.25, -0.2) is 0 Å². The van der Waals surface area contributed by atoms with Crippen molar-refractivity contribution in [1.82, 2.24) is 0 Å². The molecule has 4 bridgehead atoms. The molecule has 5 rings (SSSR count). The van der Waals surface area contributed by atoms with E-state index in [0.29, 0.717) is 6.10 Å². The van der Waals surface area contributed by atoms with Crippen LogP contribution in [0.4, 0.5) is 5.69 Å². The Morgan fingerprint density at radius 1 is 1.00 bits per heavy atom. The molecule has 19 heavy (non-hydrogen) atoms. The fourth-order valence-electron chi connectivity index (χ4n) is 5.04. The number of anilines is 1. The van der Waals surface area contributed by atoms with Crippen LogP contribution in [-0.4, -0.2) is 6.10 Å². The molecule has 0 heterocycles. The van der Waals surface area contributed by atoms with Gasteiger partial charge in [0.25, 0.3) is 0 Å². The van der Waals surface area contributed by atoms with E-state index in [-0.39, 0.29) is 0 Å². The SMILES string of the molecule is Cc1cccc(N)c1OC1C2CC3CC(C2)CC1C3. The maximum Gasteiger partial charge on any atom is 0.145 e. The normalized spacial score (nSPS) is 39.5. The van der Waals surface area contributed by atoms with Gasteiger partial charge in [0, 0.05) is 0 Å². The summed E-state index contributed by atoms with van der Waals surface area (Å²) in [7, 11) is 0. The molecule has 0 aromatic heterocycles.